The summed E-state index contributed by atoms with van der Waals surface area (Å²) in [5.41, 5.74) is -0.0134. The molecular formula is C15H10ClF2NO4S. The van der Waals surface area contributed by atoms with Crippen molar-refractivity contribution >= 4 is 33.3 Å². The molecule has 0 amide bonds. The number of hydrogen-bond acceptors (Lipinski definition) is 3. The molecule has 1 aliphatic rings. The van der Waals surface area contributed by atoms with Gasteiger partial charge < -0.3 is 5.11 Å². The predicted octanol–water partition coefficient (Wildman–Crippen LogP) is 3.07. The molecule has 0 saturated heterocycles. The third-order valence-corrected chi connectivity index (χ3v) is 6.00. The molecule has 0 atom stereocenters. The van der Waals surface area contributed by atoms with Crippen LogP contribution >= 0.6 is 11.6 Å². The Hall–Kier alpha value is -2.19. The number of rotatable bonds is 3. The van der Waals surface area contributed by atoms with Gasteiger partial charge in [-0.2, -0.15) is 0 Å². The highest BCUT2D eigenvalue weighted by Crippen LogP contribution is 2.36. The molecule has 0 bridgehead atoms. The average Bonchev–Trinajstić information content (AvgIpc) is 2.90. The summed E-state index contributed by atoms with van der Waals surface area (Å²) >= 11 is 5.81. The van der Waals surface area contributed by atoms with Gasteiger partial charge in [0.05, 0.1) is 16.3 Å². The summed E-state index contributed by atoms with van der Waals surface area (Å²) in [5, 5.41) is 8.52. The van der Waals surface area contributed by atoms with Crippen molar-refractivity contribution in [2.24, 2.45) is 0 Å². The fourth-order valence-corrected chi connectivity index (χ4v) is 4.60. The summed E-state index contributed by atoms with van der Waals surface area (Å²) in [7, 11) is -4.27. The molecular weight excluding hydrogens is 364 g/mol. The first-order valence-corrected chi connectivity index (χ1v) is 8.57. The second-order valence-electron chi connectivity index (χ2n) is 5.17. The van der Waals surface area contributed by atoms with Crippen LogP contribution in [-0.2, 0) is 16.4 Å². The summed E-state index contributed by atoms with van der Waals surface area (Å²) in [6.07, 6.45) is 0.374. The van der Waals surface area contributed by atoms with Crippen molar-refractivity contribution in [1.82, 2.24) is 0 Å². The average molecular weight is 374 g/mol. The van der Waals surface area contributed by atoms with Gasteiger partial charge in [-0.1, -0.05) is 17.7 Å². The highest BCUT2D eigenvalue weighted by molar-refractivity contribution is 7.93. The standard InChI is InChI=1S/C15H10ClF2NO4S/c16-11-7-12(18)10(15(20)21)6-14(11)24(22,23)19-4-3-8-1-2-9(17)5-13(8)19/h1-2,5-7H,3-4H2,(H,20,21). The Labute approximate surface area is 141 Å². The van der Waals surface area contributed by atoms with E-state index in [1.54, 1.807) is 0 Å². The molecule has 1 N–H and O–H groups in total. The van der Waals surface area contributed by atoms with E-state index in [1.165, 1.54) is 12.1 Å². The molecule has 0 unspecified atom stereocenters. The highest BCUT2D eigenvalue weighted by Gasteiger charge is 2.33. The highest BCUT2D eigenvalue weighted by atomic mass is 35.5. The number of nitrogens with zero attached hydrogens (tertiary/aromatic N) is 1. The Kier molecular flexibility index (Phi) is 3.97. The molecule has 24 heavy (non-hydrogen) atoms. The van der Waals surface area contributed by atoms with E-state index in [2.05, 4.69) is 0 Å². The van der Waals surface area contributed by atoms with Crippen LogP contribution < -0.4 is 4.31 Å². The van der Waals surface area contributed by atoms with Gasteiger partial charge in [0.15, 0.2) is 0 Å². The summed E-state index contributed by atoms with van der Waals surface area (Å²) in [6, 6.07) is 5.10. The van der Waals surface area contributed by atoms with Crippen LogP contribution in [-0.4, -0.2) is 26.0 Å². The Morgan fingerprint density at radius 2 is 1.92 bits per heavy atom. The third-order valence-electron chi connectivity index (χ3n) is 3.72. The van der Waals surface area contributed by atoms with Crippen LogP contribution in [0.5, 0.6) is 0 Å². The minimum absolute atomic E-state index is 0.0528. The van der Waals surface area contributed by atoms with E-state index in [-0.39, 0.29) is 12.2 Å². The molecule has 3 rings (SSSR count). The molecule has 1 heterocycles. The van der Waals surface area contributed by atoms with Gasteiger partial charge in [-0.25, -0.2) is 22.0 Å². The molecule has 5 nitrogen and oxygen atoms in total. The van der Waals surface area contributed by atoms with E-state index in [0.717, 1.165) is 10.4 Å². The zero-order chi connectivity index (χ0) is 17.6. The molecule has 0 aromatic heterocycles. The van der Waals surface area contributed by atoms with Crippen LogP contribution in [0, 0.1) is 11.6 Å². The molecule has 0 aliphatic carbocycles. The van der Waals surface area contributed by atoms with E-state index in [0.29, 0.717) is 24.1 Å². The first kappa shape index (κ1) is 16.7. The number of benzene rings is 2. The minimum atomic E-state index is -4.27. The van der Waals surface area contributed by atoms with Crippen molar-refractivity contribution in [3.8, 4) is 0 Å². The smallest absolute Gasteiger partial charge is 0.338 e. The number of carbonyl (C=O) groups is 1. The van der Waals surface area contributed by atoms with Gasteiger partial charge in [-0.05, 0) is 36.2 Å². The number of halogens is 3. The van der Waals surface area contributed by atoms with E-state index in [9.17, 15) is 22.0 Å². The van der Waals surface area contributed by atoms with Gasteiger partial charge in [0.2, 0.25) is 0 Å². The van der Waals surface area contributed by atoms with Gasteiger partial charge in [0.25, 0.3) is 10.0 Å². The van der Waals surface area contributed by atoms with E-state index >= 15 is 0 Å². The van der Waals surface area contributed by atoms with Crippen LogP contribution in [0.25, 0.3) is 0 Å². The Balaban J connectivity index is 2.16. The van der Waals surface area contributed by atoms with Crippen LogP contribution in [0.1, 0.15) is 15.9 Å². The number of carboxylic acids is 1. The van der Waals surface area contributed by atoms with Crippen molar-refractivity contribution in [3.63, 3.8) is 0 Å². The van der Waals surface area contributed by atoms with Gasteiger partial charge in [-0.3, -0.25) is 4.31 Å². The summed E-state index contributed by atoms with van der Waals surface area (Å²) in [6.45, 7) is 0.0528. The molecule has 1 aliphatic heterocycles. The van der Waals surface area contributed by atoms with Gasteiger partial charge >= 0.3 is 5.97 Å². The topological polar surface area (TPSA) is 74.7 Å². The van der Waals surface area contributed by atoms with E-state index < -0.39 is 43.1 Å². The number of carboxylic acid groups (broad SMARTS) is 1. The number of sulfonamides is 1. The Morgan fingerprint density at radius 3 is 2.58 bits per heavy atom. The molecule has 2 aromatic rings. The first-order valence-electron chi connectivity index (χ1n) is 6.75. The van der Waals surface area contributed by atoms with Gasteiger partial charge in [0, 0.05) is 6.54 Å². The number of fused-ring (bicyclic) bond motifs is 1. The summed E-state index contributed by atoms with van der Waals surface area (Å²) < 4.78 is 53.6. The largest absolute Gasteiger partial charge is 0.478 e. The van der Waals surface area contributed by atoms with Crippen LogP contribution in [0.15, 0.2) is 35.2 Å². The lowest BCUT2D eigenvalue weighted by atomic mass is 10.2. The first-order chi connectivity index (χ1) is 11.2. The van der Waals surface area contributed by atoms with Crippen molar-refractivity contribution < 1.29 is 27.1 Å². The lowest BCUT2D eigenvalue weighted by molar-refractivity contribution is 0.0691. The van der Waals surface area contributed by atoms with Crippen molar-refractivity contribution in [1.29, 1.82) is 0 Å². The predicted molar refractivity (Wildman–Crippen MR) is 83.0 cm³/mol. The second kappa shape index (κ2) is 5.71. The maximum Gasteiger partial charge on any atom is 0.338 e. The monoisotopic (exact) mass is 373 g/mol. The fourth-order valence-electron chi connectivity index (χ4n) is 2.58. The van der Waals surface area contributed by atoms with Gasteiger partial charge in [-0.15, -0.1) is 0 Å². The zero-order valence-electron chi connectivity index (χ0n) is 12.0. The van der Waals surface area contributed by atoms with Crippen molar-refractivity contribution in [2.45, 2.75) is 11.3 Å². The lowest BCUT2D eigenvalue weighted by Crippen LogP contribution is -2.29. The van der Waals surface area contributed by atoms with E-state index in [1.807, 2.05) is 0 Å². The quantitative estimate of drug-likeness (QED) is 0.897. The number of anilines is 1. The minimum Gasteiger partial charge on any atom is -0.478 e. The second-order valence-corrected chi connectivity index (χ2v) is 7.41. The number of aromatic carboxylic acids is 1. The van der Waals surface area contributed by atoms with Crippen LogP contribution in [0.2, 0.25) is 5.02 Å². The molecule has 0 spiro atoms. The maximum absolute atomic E-state index is 13.6. The molecule has 2 aromatic carbocycles. The molecule has 0 radical (unpaired) electrons. The van der Waals surface area contributed by atoms with Crippen molar-refractivity contribution in [3.05, 3.63) is 58.1 Å². The Bertz CT molecular complexity index is 962. The lowest BCUT2D eigenvalue weighted by Gasteiger charge is -2.20. The molecule has 9 heteroatoms. The van der Waals surface area contributed by atoms with E-state index in [4.69, 9.17) is 16.7 Å². The van der Waals surface area contributed by atoms with Crippen LogP contribution in [0.3, 0.4) is 0 Å². The maximum atomic E-state index is 13.6. The Morgan fingerprint density at radius 1 is 1.21 bits per heavy atom. The SMILES string of the molecule is O=C(O)c1cc(S(=O)(=O)N2CCc3ccc(F)cc32)c(Cl)cc1F. The molecule has 0 saturated carbocycles. The number of hydrogen-bond donors (Lipinski definition) is 1. The van der Waals surface area contributed by atoms with Crippen molar-refractivity contribution in [2.75, 3.05) is 10.8 Å². The normalized spacial score (nSPS) is 13.9. The van der Waals surface area contributed by atoms with Gasteiger partial charge in [0.1, 0.15) is 16.5 Å². The summed E-state index contributed by atoms with van der Waals surface area (Å²) in [4.78, 5) is 10.5. The third kappa shape index (κ3) is 2.61. The fraction of sp³-hybridized carbons (Fsp3) is 0.133. The molecule has 126 valence electrons. The zero-order valence-corrected chi connectivity index (χ0v) is 13.5. The van der Waals surface area contributed by atoms with Crippen LogP contribution in [0.4, 0.5) is 14.5 Å². The molecule has 0 fully saturated rings. The summed E-state index contributed by atoms with van der Waals surface area (Å²) in [5.74, 6) is -3.36.